The average Bonchev–Trinajstić information content (AvgIpc) is 2.19. The van der Waals surface area contributed by atoms with Crippen molar-refractivity contribution in [3.05, 3.63) is 11.8 Å². The van der Waals surface area contributed by atoms with Gasteiger partial charge in [-0.15, -0.1) is 0 Å². The molecular weight excluding hydrogens is 180 g/mol. The van der Waals surface area contributed by atoms with Crippen LogP contribution in [0.25, 0.3) is 0 Å². The van der Waals surface area contributed by atoms with Crippen LogP contribution in [0.5, 0.6) is 0 Å². The molecule has 0 aromatic carbocycles. The van der Waals surface area contributed by atoms with E-state index in [1.807, 2.05) is 6.92 Å². The van der Waals surface area contributed by atoms with E-state index in [0.29, 0.717) is 6.61 Å². The highest BCUT2D eigenvalue weighted by atomic mass is 16.5. The third kappa shape index (κ3) is 3.05. The van der Waals surface area contributed by atoms with Crippen molar-refractivity contribution in [1.82, 2.24) is 0 Å². The van der Waals surface area contributed by atoms with Crippen LogP contribution in [0.15, 0.2) is 11.8 Å². The molecule has 0 aliphatic heterocycles. The predicted octanol–water partition coefficient (Wildman–Crippen LogP) is 2.27. The highest BCUT2D eigenvalue weighted by Gasteiger charge is 2.24. The number of allylic oxidation sites excluding steroid dienone is 1. The molecule has 3 nitrogen and oxygen atoms in total. The zero-order valence-electron chi connectivity index (χ0n) is 8.91. The van der Waals surface area contributed by atoms with Crippen molar-refractivity contribution in [2.75, 3.05) is 13.7 Å². The number of rotatable bonds is 3. The Morgan fingerprint density at radius 1 is 1.64 bits per heavy atom. The first-order valence-corrected chi connectivity index (χ1v) is 5.15. The van der Waals surface area contributed by atoms with Crippen molar-refractivity contribution < 1.29 is 14.3 Å². The lowest BCUT2D eigenvalue weighted by Crippen LogP contribution is -2.21. The Bertz CT molecular complexity index is 221. The molecule has 0 amide bonds. The molecule has 0 aromatic heterocycles. The van der Waals surface area contributed by atoms with Crippen LogP contribution in [0.2, 0.25) is 0 Å². The molecule has 0 radical (unpaired) electrons. The number of ether oxygens (including phenoxy) is 2. The maximum Gasteiger partial charge on any atom is 0.309 e. The molecule has 1 aliphatic carbocycles. The largest absolute Gasteiger partial charge is 0.504 e. The standard InChI is InChI=1S/C11H18O3/c1-3-14-11(12)10-6-4-5-9(7-10)8-13-2/h8,10H,3-7H2,1-2H3/b9-8-. The molecule has 1 atom stereocenters. The molecule has 3 heteroatoms. The predicted molar refractivity (Wildman–Crippen MR) is 53.7 cm³/mol. The zero-order chi connectivity index (χ0) is 10.4. The Balaban J connectivity index is 2.47. The van der Waals surface area contributed by atoms with Crippen LogP contribution in [0.4, 0.5) is 0 Å². The summed E-state index contributed by atoms with van der Waals surface area (Å²) in [4.78, 5) is 11.5. The van der Waals surface area contributed by atoms with Gasteiger partial charge in [0, 0.05) is 0 Å². The van der Waals surface area contributed by atoms with Crippen LogP contribution in [0.3, 0.4) is 0 Å². The SMILES string of the molecule is CCOC(=O)C1CCC/C(=C/OC)C1. The van der Waals surface area contributed by atoms with Crippen LogP contribution in [-0.4, -0.2) is 19.7 Å². The van der Waals surface area contributed by atoms with Gasteiger partial charge >= 0.3 is 5.97 Å². The topological polar surface area (TPSA) is 35.5 Å². The fraction of sp³-hybridized carbons (Fsp3) is 0.727. The van der Waals surface area contributed by atoms with Gasteiger partial charge < -0.3 is 9.47 Å². The number of carbonyl (C=O) groups is 1. The summed E-state index contributed by atoms with van der Waals surface area (Å²) in [6.07, 6.45) is 5.60. The first kappa shape index (κ1) is 11.1. The highest BCUT2D eigenvalue weighted by molar-refractivity contribution is 5.73. The molecule has 14 heavy (non-hydrogen) atoms. The number of methoxy groups -OCH3 is 1. The van der Waals surface area contributed by atoms with Crippen LogP contribution >= 0.6 is 0 Å². The van der Waals surface area contributed by atoms with Crippen molar-refractivity contribution in [3.8, 4) is 0 Å². The van der Waals surface area contributed by atoms with E-state index in [0.717, 1.165) is 25.7 Å². The van der Waals surface area contributed by atoms with Crippen LogP contribution in [0, 0.1) is 5.92 Å². The molecule has 1 saturated carbocycles. The van der Waals surface area contributed by atoms with E-state index in [9.17, 15) is 4.79 Å². The molecule has 1 aliphatic rings. The van der Waals surface area contributed by atoms with Gasteiger partial charge in [0.2, 0.25) is 0 Å². The zero-order valence-corrected chi connectivity index (χ0v) is 8.91. The summed E-state index contributed by atoms with van der Waals surface area (Å²) in [5.41, 5.74) is 1.22. The fourth-order valence-corrected chi connectivity index (χ4v) is 1.83. The van der Waals surface area contributed by atoms with E-state index >= 15 is 0 Å². The quantitative estimate of drug-likeness (QED) is 0.515. The summed E-state index contributed by atoms with van der Waals surface area (Å²) in [6, 6.07) is 0. The maximum absolute atomic E-state index is 11.5. The van der Waals surface area contributed by atoms with Gasteiger partial charge in [-0.1, -0.05) is 0 Å². The van der Waals surface area contributed by atoms with E-state index in [4.69, 9.17) is 9.47 Å². The maximum atomic E-state index is 11.5. The van der Waals surface area contributed by atoms with Gasteiger partial charge in [0.05, 0.1) is 25.9 Å². The Morgan fingerprint density at radius 2 is 2.43 bits per heavy atom. The Labute approximate surface area is 85.1 Å². The molecule has 0 N–H and O–H groups in total. The van der Waals surface area contributed by atoms with E-state index in [2.05, 4.69) is 0 Å². The van der Waals surface area contributed by atoms with Gasteiger partial charge in [-0.25, -0.2) is 0 Å². The van der Waals surface area contributed by atoms with Gasteiger partial charge in [0.15, 0.2) is 0 Å². The normalized spacial score (nSPS) is 24.7. The lowest BCUT2D eigenvalue weighted by molar-refractivity contribution is -0.148. The van der Waals surface area contributed by atoms with Crippen LogP contribution in [0.1, 0.15) is 32.6 Å². The molecule has 0 saturated heterocycles. The lowest BCUT2D eigenvalue weighted by atomic mass is 9.86. The minimum absolute atomic E-state index is 0.0464. The minimum atomic E-state index is -0.0609. The minimum Gasteiger partial charge on any atom is -0.504 e. The first-order chi connectivity index (χ1) is 6.77. The number of carbonyl (C=O) groups excluding carboxylic acids is 1. The molecule has 0 heterocycles. The average molecular weight is 198 g/mol. The van der Waals surface area contributed by atoms with Crippen molar-refractivity contribution in [2.24, 2.45) is 5.92 Å². The number of hydrogen-bond donors (Lipinski definition) is 0. The Kier molecular flexibility index (Phi) is 4.50. The van der Waals surface area contributed by atoms with Gasteiger partial charge in [0.25, 0.3) is 0 Å². The molecule has 0 spiro atoms. The van der Waals surface area contributed by atoms with E-state index < -0.39 is 0 Å². The summed E-state index contributed by atoms with van der Waals surface area (Å²) < 4.78 is 9.96. The monoisotopic (exact) mass is 198 g/mol. The fourth-order valence-electron chi connectivity index (χ4n) is 1.83. The van der Waals surface area contributed by atoms with Crippen molar-refractivity contribution in [3.63, 3.8) is 0 Å². The molecule has 0 aromatic rings. The van der Waals surface area contributed by atoms with Gasteiger partial charge in [-0.2, -0.15) is 0 Å². The Hall–Kier alpha value is -0.990. The van der Waals surface area contributed by atoms with Gasteiger partial charge in [0.1, 0.15) is 0 Å². The van der Waals surface area contributed by atoms with Gasteiger partial charge in [-0.3, -0.25) is 4.79 Å². The van der Waals surface area contributed by atoms with Crippen molar-refractivity contribution in [2.45, 2.75) is 32.6 Å². The van der Waals surface area contributed by atoms with Crippen molar-refractivity contribution in [1.29, 1.82) is 0 Å². The van der Waals surface area contributed by atoms with Crippen molar-refractivity contribution >= 4 is 5.97 Å². The second-order valence-electron chi connectivity index (χ2n) is 3.56. The lowest BCUT2D eigenvalue weighted by Gasteiger charge is -2.21. The summed E-state index contributed by atoms with van der Waals surface area (Å²) in [6.45, 7) is 2.31. The third-order valence-electron chi connectivity index (χ3n) is 2.46. The molecular formula is C11H18O3. The van der Waals surface area contributed by atoms with E-state index in [1.54, 1.807) is 13.4 Å². The smallest absolute Gasteiger partial charge is 0.309 e. The third-order valence-corrected chi connectivity index (χ3v) is 2.46. The summed E-state index contributed by atoms with van der Waals surface area (Å²) in [7, 11) is 1.64. The van der Waals surface area contributed by atoms with E-state index in [-0.39, 0.29) is 11.9 Å². The molecule has 1 fully saturated rings. The van der Waals surface area contributed by atoms with Crippen LogP contribution in [-0.2, 0) is 14.3 Å². The summed E-state index contributed by atoms with van der Waals surface area (Å²) in [5, 5.41) is 0. The second kappa shape index (κ2) is 5.68. The molecule has 0 bridgehead atoms. The molecule has 80 valence electrons. The summed E-state index contributed by atoms with van der Waals surface area (Å²) in [5.74, 6) is -0.0145. The second-order valence-corrected chi connectivity index (χ2v) is 3.56. The number of hydrogen-bond acceptors (Lipinski definition) is 3. The van der Waals surface area contributed by atoms with Gasteiger partial charge in [-0.05, 0) is 38.2 Å². The van der Waals surface area contributed by atoms with E-state index in [1.165, 1.54) is 5.57 Å². The summed E-state index contributed by atoms with van der Waals surface area (Å²) >= 11 is 0. The molecule has 1 rings (SSSR count). The molecule has 1 unspecified atom stereocenters. The van der Waals surface area contributed by atoms with Crippen LogP contribution < -0.4 is 0 Å². The first-order valence-electron chi connectivity index (χ1n) is 5.15. The highest BCUT2D eigenvalue weighted by Crippen LogP contribution is 2.29. The Morgan fingerprint density at radius 3 is 3.07 bits per heavy atom. The number of esters is 1.